The lowest BCUT2D eigenvalue weighted by molar-refractivity contribution is 0.691. The molecule has 0 N–H and O–H groups in total. The van der Waals surface area contributed by atoms with Gasteiger partial charge in [0.25, 0.3) is 0 Å². The standard InChI is InChI=1S/C16H16IN/c17-15-9-7-13(8-10-15)12-18-11-3-5-14-4-1-2-6-16(14)18/h1-2,4,6-10H,3,5,11-12H2. The molecule has 0 atom stereocenters. The average Bonchev–Trinajstić information content (AvgIpc) is 2.42. The number of benzene rings is 2. The molecule has 0 fully saturated rings. The van der Waals surface area contributed by atoms with Gasteiger partial charge in [0.2, 0.25) is 0 Å². The molecule has 0 saturated heterocycles. The Morgan fingerprint density at radius 2 is 1.78 bits per heavy atom. The molecule has 3 rings (SSSR count). The zero-order chi connectivity index (χ0) is 12.4. The number of halogens is 1. The maximum atomic E-state index is 2.50. The Hall–Kier alpha value is -1.03. The molecule has 0 saturated carbocycles. The molecule has 0 bridgehead atoms. The van der Waals surface area contributed by atoms with Gasteiger partial charge in [-0.15, -0.1) is 0 Å². The number of aryl methyl sites for hydroxylation is 1. The number of rotatable bonds is 2. The second-order valence-corrected chi connectivity index (χ2v) is 6.03. The van der Waals surface area contributed by atoms with Crippen molar-refractivity contribution < 1.29 is 0 Å². The molecule has 0 radical (unpaired) electrons. The first kappa shape index (κ1) is 12.0. The topological polar surface area (TPSA) is 3.24 Å². The van der Waals surface area contributed by atoms with Crippen LogP contribution in [0.5, 0.6) is 0 Å². The molecule has 0 unspecified atom stereocenters. The molecule has 1 aliphatic heterocycles. The van der Waals surface area contributed by atoms with E-state index in [1.165, 1.54) is 39.8 Å². The summed E-state index contributed by atoms with van der Waals surface area (Å²) >= 11 is 2.35. The number of anilines is 1. The summed E-state index contributed by atoms with van der Waals surface area (Å²) in [7, 11) is 0. The van der Waals surface area contributed by atoms with Gasteiger partial charge in [-0.3, -0.25) is 0 Å². The number of fused-ring (bicyclic) bond motifs is 1. The molecule has 1 heterocycles. The fourth-order valence-corrected chi connectivity index (χ4v) is 2.95. The Morgan fingerprint density at radius 3 is 2.61 bits per heavy atom. The van der Waals surface area contributed by atoms with Crippen molar-refractivity contribution in [3.63, 3.8) is 0 Å². The van der Waals surface area contributed by atoms with Crippen molar-refractivity contribution in [1.29, 1.82) is 0 Å². The van der Waals surface area contributed by atoms with Crippen LogP contribution in [0.4, 0.5) is 5.69 Å². The van der Waals surface area contributed by atoms with Gasteiger partial charge >= 0.3 is 0 Å². The van der Waals surface area contributed by atoms with Crippen molar-refractivity contribution in [2.75, 3.05) is 11.4 Å². The summed E-state index contributed by atoms with van der Waals surface area (Å²) in [4.78, 5) is 2.50. The summed E-state index contributed by atoms with van der Waals surface area (Å²) in [5.74, 6) is 0. The van der Waals surface area contributed by atoms with E-state index in [0.29, 0.717) is 0 Å². The van der Waals surface area contributed by atoms with Crippen LogP contribution in [0.1, 0.15) is 17.5 Å². The van der Waals surface area contributed by atoms with Gasteiger partial charge in [-0.05, 0) is 64.8 Å². The van der Waals surface area contributed by atoms with Gasteiger partial charge in [0, 0.05) is 22.3 Å². The first-order valence-electron chi connectivity index (χ1n) is 6.40. The SMILES string of the molecule is Ic1ccc(CN2CCCc3ccccc32)cc1. The fourth-order valence-electron chi connectivity index (χ4n) is 2.59. The van der Waals surface area contributed by atoms with Crippen LogP contribution in [0.25, 0.3) is 0 Å². The summed E-state index contributed by atoms with van der Waals surface area (Å²) in [6.07, 6.45) is 2.49. The minimum absolute atomic E-state index is 1.02. The summed E-state index contributed by atoms with van der Waals surface area (Å²) < 4.78 is 1.30. The van der Waals surface area contributed by atoms with Crippen molar-refractivity contribution in [3.05, 3.63) is 63.2 Å². The van der Waals surface area contributed by atoms with E-state index in [1.54, 1.807) is 0 Å². The third-order valence-corrected chi connectivity index (χ3v) is 4.21. The van der Waals surface area contributed by atoms with E-state index in [2.05, 4.69) is 76.0 Å². The van der Waals surface area contributed by atoms with Crippen LogP contribution in [0.3, 0.4) is 0 Å². The molecule has 1 nitrogen and oxygen atoms in total. The molecule has 2 heteroatoms. The van der Waals surface area contributed by atoms with Gasteiger partial charge in [0.15, 0.2) is 0 Å². The highest BCUT2D eigenvalue weighted by molar-refractivity contribution is 14.1. The highest BCUT2D eigenvalue weighted by Gasteiger charge is 2.15. The Bertz CT molecular complexity index is 533. The largest absolute Gasteiger partial charge is 0.367 e. The van der Waals surface area contributed by atoms with Crippen molar-refractivity contribution in [2.24, 2.45) is 0 Å². The second-order valence-electron chi connectivity index (χ2n) is 4.78. The van der Waals surface area contributed by atoms with Gasteiger partial charge in [-0.25, -0.2) is 0 Å². The van der Waals surface area contributed by atoms with Crippen LogP contribution in [0.15, 0.2) is 48.5 Å². The van der Waals surface area contributed by atoms with Gasteiger partial charge in [0.1, 0.15) is 0 Å². The van der Waals surface area contributed by atoms with Crippen LogP contribution >= 0.6 is 22.6 Å². The van der Waals surface area contributed by atoms with Crippen LogP contribution in [-0.4, -0.2) is 6.54 Å². The minimum Gasteiger partial charge on any atom is -0.367 e. The number of hydrogen-bond donors (Lipinski definition) is 0. The van der Waals surface area contributed by atoms with Crippen molar-refractivity contribution >= 4 is 28.3 Å². The van der Waals surface area contributed by atoms with E-state index in [4.69, 9.17) is 0 Å². The first-order chi connectivity index (χ1) is 8.83. The molecule has 2 aromatic rings. The van der Waals surface area contributed by atoms with E-state index < -0.39 is 0 Å². The molecular formula is C16H16IN. The lowest BCUT2D eigenvalue weighted by Crippen LogP contribution is -2.28. The summed E-state index contributed by atoms with van der Waals surface area (Å²) in [5.41, 5.74) is 4.31. The fraction of sp³-hybridized carbons (Fsp3) is 0.250. The molecule has 92 valence electrons. The number of nitrogens with zero attached hydrogens (tertiary/aromatic N) is 1. The molecule has 2 aromatic carbocycles. The summed E-state index contributed by atoms with van der Waals surface area (Å²) in [6, 6.07) is 17.6. The monoisotopic (exact) mass is 349 g/mol. The molecule has 18 heavy (non-hydrogen) atoms. The Kier molecular flexibility index (Phi) is 3.55. The predicted octanol–water partition coefficient (Wildman–Crippen LogP) is 4.24. The zero-order valence-corrected chi connectivity index (χ0v) is 12.4. The van der Waals surface area contributed by atoms with Crippen LogP contribution in [0, 0.1) is 3.57 Å². The molecule has 0 aromatic heterocycles. The van der Waals surface area contributed by atoms with E-state index in [0.717, 1.165) is 6.54 Å². The third-order valence-electron chi connectivity index (χ3n) is 3.49. The Labute approximate surface area is 122 Å². The molecule has 0 spiro atoms. The van der Waals surface area contributed by atoms with Crippen molar-refractivity contribution in [1.82, 2.24) is 0 Å². The van der Waals surface area contributed by atoms with E-state index >= 15 is 0 Å². The second kappa shape index (κ2) is 5.31. The maximum absolute atomic E-state index is 2.50. The summed E-state index contributed by atoms with van der Waals surface area (Å²) in [5, 5.41) is 0. The Balaban J connectivity index is 1.84. The normalized spacial score (nSPS) is 14.4. The lowest BCUT2D eigenvalue weighted by atomic mass is 10.0. The van der Waals surface area contributed by atoms with Crippen LogP contribution < -0.4 is 4.90 Å². The van der Waals surface area contributed by atoms with E-state index in [-0.39, 0.29) is 0 Å². The number of hydrogen-bond acceptors (Lipinski definition) is 1. The predicted molar refractivity (Wildman–Crippen MR) is 85.0 cm³/mol. The Morgan fingerprint density at radius 1 is 1.00 bits per heavy atom. The number of para-hydroxylation sites is 1. The van der Waals surface area contributed by atoms with Gasteiger partial charge < -0.3 is 4.90 Å². The summed E-state index contributed by atoms with van der Waals surface area (Å²) in [6.45, 7) is 2.19. The third kappa shape index (κ3) is 2.53. The van der Waals surface area contributed by atoms with Crippen molar-refractivity contribution in [2.45, 2.75) is 19.4 Å². The highest BCUT2D eigenvalue weighted by atomic mass is 127. The quantitative estimate of drug-likeness (QED) is 0.733. The van der Waals surface area contributed by atoms with Crippen molar-refractivity contribution in [3.8, 4) is 0 Å². The molecule has 0 aliphatic carbocycles. The highest BCUT2D eigenvalue weighted by Crippen LogP contribution is 2.28. The molecular weight excluding hydrogens is 333 g/mol. The van der Waals surface area contributed by atoms with Crippen LogP contribution in [-0.2, 0) is 13.0 Å². The zero-order valence-electron chi connectivity index (χ0n) is 10.3. The smallest absolute Gasteiger partial charge is 0.0429 e. The van der Waals surface area contributed by atoms with Gasteiger partial charge in [-0.2, -0.15) is 0 Å². The van der Waals surface area contributed by atoms with Gasteiger partial charge in [-0.1, -0.05) is 30.3 Å². The average molecular weight is 349 g/mol. The lowest BCUT2D eigenvalue weighted by Gasteiger charge is -2.31. The van der Waals surface area contributed by atoms with E-state index in [9.17, 15) is 0 Å². The minimum atomic E-state index is 1.02. The van der Waals surface area contributed by atoms with Crippen LogP contribution in [0.2, 0.25) is 0 Å². The molecule has 1 aliphatic rings. The van der Waals surface area contributed by atoms with Gasteiger partial charge in [0.05, 0.1) is 0 Å². The van der Waals surface area contributed by atoms with E-state index in [1.807, 2.05) is 0 Å². The first-order valence-corrected chi connectivity index (χ1v) is 7.48. The molecule has 0 amide bonds. The maximum Gasteiger partial charge on any atom is 0.0429 e.